The van der Waals surface area contributed by atoms with Gasteiger partial charge in [-0.1, -0.05) is 39.0 Å². The maximum atomic E-state index is 13.4. The molecule has 1 aliphatic carbocycles. The van der Waals surface area contributed by atoms with Gasteiger partial charge in [0.25, 0.3) is 0 Å². The number of likely N-dealkylation sites (tertiary alicyclic amines) is 1. The predicted octanol–water partition coefficient (Wildman–Crippen LogP) is 1.77. The Bertz CT molecular complexity index is 452. The fourth-order valence-corrected chi connectivity index (χ4v) is 4.38. The lowest BCUT2D eigenvalue weighted by Crippen LogP contribution is -2.57. The molecule has 1 aliphatic heterocycles. The van der Waals surface area contributed by atoms with Crippen molar-refractivity contribution in [1.29, 1.82) is 0 Å². The van der Waals surface area contributed by atoms with Crippen LogP contribution in [0.5, 0.6) is 0 Å². The van der Waals surface area contributed by atoms with Gasteiger partial charge in [-0.05, 0) is 45.2 Å². The van der Waals surface area contributed by atoms with Crippen LogP contribution in [-0.2, 0) is 9.59 Å². The summed E-state index contributed by atoms with van der Waals surface area (Å²) in [6.45, 7) is 3.75. The minimum Gasteiger partial charge on any atom is -0.395 e. The molecule has 0 bridgehead atoms. The van der Waals surface area contributed by atoms with E-state index in [9.17, 15) is 9.59 Å². The van der Waals surface area contributed by atoms with Crippen molar-refractivity contribution in [2.75, 3.05) is 33.3 Å². The zero-order valence-electron chi connectivity index (χ0n) is 16.6. The Labute approximate surface area is 158 Å². The van der Waals surface area contributed by atoms with Crippen molar-refractivity contribution in [3.05, 3.63) is 0 Å². The molecule has 0 spiro atoms. The molecule has 2 N–H and O–H groups in total. The molecule has 0 unspecified atom stereocenters. The van der Waals surface area contributed by atoms with Crippen LogP contribution in [0.1, 0.15) is 64.7 Å². The van der Waals surface area contributed by atoms with Crippen LogP contribution in [0.3, 0.4) is 0 Å². The molecule has 2 fully saturated rings. The lowest BCUT2D eigenvalue weighted by Gasteiger charge is -2.40. The van der Waals surface area contributed by atoms with Gasteiger partial charge in [0.05, 0.1) is 12.6 Å². The van der Waals surface area contributed by atoms with E-state index in [-0.39, 0.29) is 37.0 Å². The Morgan fingerprint density at radius 3 is 2.50 bits per heavy atom. The normalized spacial score (nSPS) is 23.1. The maximum Gasteiger partial charge on any atom is 0.242 e. The number of likely N-dealkylation sites (N-methyl/N-ethyl adjacent to an activating group) is 1. The quantitative estimate of drug-likeness (QED) is 0.686. The van der Waals surface area contributed by atoms with Crippen molar-refractivity contribution in [2.24, 2.45) is 5.92 Å². The smallest absolute Gasteiger partial charge is 0.242 e. The SMILES string of the molecule is CCN(C)[C@H](CC1CCCCC1)C(=O)N1CCCC[C@H]1C(=O)NCCO. The summed E-state index contributed by atoms with van der Waals surface area (Å²) in [4.78, 5) is 29.9. The Kier molecular flexibility index (Phi) is 8.85. The molecule has 1 saturated heterocycles. The number of rotatable bonds is 8. The number of amides is 2. The summed E-state index contributed by atoms with van der Waals surface area (Å²) in [6.07, 6.45) is 9.87. The molecule has 2 aliphatic rings. The van der Waals surface area contributed by atoms with Gasteiger partial charge >= 0.3 is 0 Å². The Hall–Kier alpha value is -1.14. The van der Waals surface area contributed by atoms with Gasteiger partial charge in [0.1, 0.15) is 6.04 Å². The first kappa shape index (κ1) is 21.2. The number of carbonyl (C=O) groups excluding carboxylic acids is 2. The average molecular weight is 368 g/mol. The maximum absolute atomic E-state index is 13.4. The van der Waals surface area contributed by atoms with Crippen LogP contribution in [0.25, 0.3) is 0 Å². The highest BCUT2D eigenvalue weighted by molar-refractivity contribution is 5.90. The van der Waals surface area contributed by atoms with E-state index in [0.717, 1.165) is 32.2 Å². The number of aliphatic hydroxyl groups is 1. The van der Waals surface area contributed by atoms with E-state index in [0.29, 0.717) is 12.5 Å². The lowest BCUT2D eigenvalue weighted by atomic mass is 9.84. The number of piperidine rings is 1. The van der Waals surface area contributed by atoms with Crippen molar-refractivity contribution in [2.45, 2.75) is 76.8 Å². The van der Waals surface area contributed by atoms with Gasteiger partial charge < -0.3 is 15.3 Å². The number of nitrogens with zero attached hydrogens (tertiary/aromatic N) is 2. The van der Waals surface area contributed by atoms with Crippen molar-refractivity contribution >= 4 is 11.8 Å². The third-order valence-electron chi connectivity index (χ3n) is 6.10. The van der Waals surface area contributed by atoms with Crippen LogP contribution in [0.4, 0.5) is 0 Å². The van der Waals surface area contributed by atoms with Crippen LogP contribution in [0.2, 0.25) is 0 Å². The fourth-order valence-electron chi connectivity index (χ4n) is 4.38. The number of nitrogens with one attached hydrogen (secondary N) is 1. The van der Waals surface area contributed by atoms with E-state index in [1.54, 1.807) is 0 Å². The number of carbonyl (C=O) groups is 2. The Balaban J connectivity index is 2.08. The highest BCUT2D eigenvalue weighted by Gasteiger charge is 2.37. The highest BCUT2D eigenvalue weighted by Crippen LogP contribution is 2.30. The predicted molar refractivity (Wildman–Crippen MR) is 103 cm³/mol. The molecule has 0 aromatic heterocycles. The average Bonchev–Trinajstić information content (AvgIpc) is 2.70. The van der Waals surface area contributed by atoms with E-state index in [2.05, 4.69) is 17.1 Å². The molecule has 1 heterocycles. The van der Waals surface area contributed by atoms with Gasteiger partial charge in [-0.15, -0.1) is 0 Å². The van der Waals surface area contributed by atoms with Crippen molar-refractivity contribution in [3.63, 3.8) is 0 Å². The minimum absolute atomic E-state index is 0.0741. The summed E-state index contributed by atoms with van der Waals surface area (Å²) in [5.74, 6) is 0.615. The highest BCUT2D eigenvalue weighted by atomic mass is 16.3. The second kappa shape index (κ2) is 10.9. The van der Waals surface area contributed by atoms with Gasteiger partial charge in [-0.2, -0.15) is 0 Å². The standard InChI is InChI=1S/C20H37N3O3/c1-3-22(2)18(15-16-9-5-4-6-10-16)20(26)23-13-8-7-11-17(23)19(25)21-12-14-24/h16-18,24H,3-15H2,1-2H3,(H,21,25)/t17-,18+/m0/s1. The van der Waals surface area contributed by atoms with Gasteiger partial charge in [-0.3, -0.25) is 14.5 Å². The number of hydrogen-bond acceptors (Lipinski definition) is 4. The molecule has 1 saturated carbocycles. The minimum atomic E-state index is -0.387. The van der Waals surface area contributed by atoms with Crippen LogP contribution < -0.4 is 5.32 Å². The number of hydrogen-bond donors (Lipinski definition) is 2. The summed E-state index contributed by atoms with van der Waals surface area (Å²) >= 11 is 0. The Morgan fingerprint density at radius 1 is 1.15 bits per heavy atom. The molecule has 6 nitrogen and oxygen atoms in total. The first-order valence-electron chi connectivity index (χ1n) is 10.5. The molecule has 2 amide bonds. The van der Waals surface area contributed by atoms with E-state index in [1.807, 2.05) is 11.9 Å². The van der Waals surface area contributed by atoms with Gasteiger partial charge in [0, 0.05) is 13.1 Å². The van der Waals surface area contributed by atoms with Crippen molar-refractivity contribution in [1.82, 2.24) is 15.1 Å². The third kappa shape index (κ3) is 5.68. The van der Waals surface area contributed by atoms with E-state index in [1.165, 1.54) is 32.1 Å². The molecule has 0 radical (unpaired) electrons. The molecule has 6 heteroatoms. The van der Waals surface area contributed by atoms with Crippen LogP contribution in [0, 0.1) is 5.92 Å². The Morgan fingerprint density at radius 2 is 1.85 bits per heavy atom. The van der Waals surface area contributed by atoms with Gasteiger partial charge in [0.2, 0.25) is 11.8 Å². The fraction of sp³-hybridized carbons (Fsp3) is 0.900. The third-order valence-corrected chi connectivity index (χ3v) is 6.10. The van der Waals surface area contributed by atoms with E-state index in [4.69, 9.17) is 5.11 Å². The second-order valence-corrected chi connectivity index (χ2v) is 7.89. The molecular weight excluding hydrogens is 330 g/mol. The van der Waals surface area contributed by atoms with Crippen molar-refractivity contribution in [3.8, 4) is 0 Å². The number of aliphatic hydroxyl groups excluding tert-OH is 1. The van der Waals surface area contributed by atoms with Crippen LogP contribution >= 0.6 is 0 Å². The second-order valence-electron chi connectivity index (χ2n) is 7.89. The topological polar surface area (TPSA) is 72.9 Å². The molecule has 2 atom stereocenters. The molecule has 0 aromatic carbocycles. The first-order chi connectivity index (χ1) is 12.6. The van der Waals surface area contributed by atoms with Crippen LogP contribution in [-0.4, -0.2) is 72.1 Å². The summed E-state index contributed by atoms with van der Waals surface area (Å²) in [6, 6.07) is -0.517. The van der Waals surface area contributed by atoms with E-state index < -0.39 is 0 Å². The summed E-state index contributed by atoms with van der Waals surface area (Å²) < 4.78 is 0. The van der Waals surface area contributed by atoms with Gasteiger partial charge in [0.15, 0.2) is 0 Å². The monoisotopic (exact) mass is 367 g/mol. The lowest BCUT2D eigenvalue weighted by molar-refractivity contribution is -0.146. The molecule has 150 valence electrons. The molecule has 0 aromatic rings. The molecule has 2 rings (SSSR count). The summed E-state index contributed by atoms with van der Waals surface area (Å²) in [5.41, 5.74) is 0. The molecular formula is C20H37N3O3. The molecule has 26 heavy (non-hydrogen) atoms. The van der Waals surface area contributed by atoms with Crippen molar-refractivity contribution < 1.29 is 14.7 Å². The zero-order valence-corrected chi connectivity index (χ0v) is 16.6. The van der Waals surface area contributed by atoms with E-state index >= 15 is 0 Å². The van der Waals surface area contributed by atoms with Gasteiger partial charge in [-0.25, -0.2) is 0 Å². The van der Waals surface area contributed by atoms with Crippen LogP contribution in [0.15, 0.2) is 0 Å². The first-order valence-corrected chi connectivity index (χ1v) is 10.5. The summed E-state index contributed by atoms with van der Waals surface area (Å²) in [5, 5.41) is 11.7. The summed E-state index contributed by atoms with van der Waals surface area (Å²) in [7, 11) is 2.02. The largest absolute Gasteiger partial charge is 0.395 e. The zero-order chi connectivity index (χ0) is 18.9.